The lowest BCUT2D eigenvalue weighted by Gasteiger charge is -2.08. The number of phenols is 1. The molecular formula is C18H21N3O2S. The summed E-state index contributed by atoms with van der Waals surface area (Å²) in [5, 5.41) is 13.8. The van der Waals surface area contributed by atoms with Crippen LogP contribution in [0.4, 0.5) is 5.82 Å². The van der Waals surface area contributed by atoms with Gasteiger partial charge in [0.25, 0.3) is 0 Å². The molecule has 126 valence electrons. The number of anilines is 1. The second-order valence-electron chi connectivity index (χ2n) is 5.58. The molecule has 2 N–H and O–H groups in total. The van der Waals surface area contributed by atoms with E-state index in [1.165, 1.54) is 4.88 Å². The zero-order chi connectivity index (χ0) is 16.9. The Labute approximate surface area is 145 Å². The first-order valence-corrected chi connectivity index (χ1v) is 8.87. The Bertz CT molecular complexity index is 815. The molecule has 2 heterocycles. The maximum Gasteiger partial charge on any atom is 0.319 e. The number of hydrogen-bond donors (Lipinski definition) is 2. The summed E-state index contributed by atoms with van der Waals surface area (Å²) in [6.45, 7) is 2.92. The first kappa shape index (κ1) is 16.5. The van der Waals surface area contributed by atoms with Gasteiger partial charge in [-0.25, -0.2) is 0 Å². The highest BCUT2D eigenvalue weighted by Crippen LogP contribution is 2.31. The number of thiophene rings is 1. The van der Waals surface area contributed by atoms with Gasteiger partial charge in [0.1, 0.15) is 16.4 Å². The molecule has 0 atom stereocenters. The number of aryl methyl sites for hydroxylation is 1. The number of aromatic hydroxyl groups is 1. The van der Waals surface area contributed by atoms with Crippen LogP contribution in [0.2, 0.25) is 0 Å². The number of nitrogens with one attached hydrogen (secondary N) is 1. The van der Waals surface area contributed by atoms with Crippen LogP contribution in [-0.4, -0.2) is 28.7 Å². The topological polar surface area (TPSA) is 67.3 Å². The Hall–Kier alpha value is -2.34. The lowest BCUT2D eigenvalue weighted by atomic mass is 10.1. The van der Waals surface area contributed by atoms with Crippen LogP contribution in [0, 0.1) is 0 Å². The average Bonchev–Trinajstić information content (AvgIpc) is 2.99. The molecule has 5 nitrogen and oxygen atoms in total. The Morgan fingerprint density at radius 2 is 1.96 bits per heavy atom. The molecule has 3 aromatic rings. The van der Waals surface area contributed by atoms with Crippen LogP contribution in [0.15, 0.2) is 30.3 Å². The van der Waals surface area contributed by atoms with Crippen LogP contribution >= 0.6 is 11.3 Å². The van der Waals surface area contributed by atoms with Crippen molar-refractivity contribution in [2.45, 2.75) is 26.2 Å². The third-order valence-electron chi connectivity index (χ3n) is 3.74. The second kappa shape index (κ2) is 7.49. The second-order valence-corrected chi connectivity index (χ2v) is 6.70. The molecule has 0 saturated carbocycles. The largest absolute Gasteiger partial charge is 0.508 e. The molecule has 6 heteroatoms. The zero-order valence-electron chi connectivity index (χ0n) is 13.9. The summed E-state index contributed by atoms with van der Waals surface area (Å²) in [5.41, 5.74) is 1.16. The van der Waals surface area contributed by atoms with Crippen molar-refractivity contribution in [1.29, 1.82) is 0 Å². The van der Waals surface area contributed by atoms with Crippen LogP contribution in [0.3, 0.4) is 0 Å². The molecule has 3 rings (SSSR count). The van der Waals surface area contributed by atoms with Crippen molar-refractivity contribution in [3.05, 3.63) is 40.8 Å². The lowest BCUT2D eigenvalue weighted by molar-refractivity contribution is 0.382. The van der Waals surface area contributed by atoms with E-state index in [0.29, 0.717) is 6.01 Å². The minimum Gasteiger partial charge on any atom is -0.508 e. The van der Waals surface area contributed by atoms with Gasteiger partial charge in [-0.1, -0.05) is 25.5 Å². The van der Waals surface area contributed by atoms with Crippen molar-refractivity contribution in [3.63, 3.8) is 0 Å². The van der Waals surface area contributed by atoms with E-state index in [0.717, 1.165) is 47.4 Å². The Morgan fingerprint density at radius 3 is 2.67 bits per heavy atom. The number of ether oxygens (including phenoxy) is 1. The van der Waals surface area contributed by atoms with E-state index in [2.05, 4.69) is 28.3 Å². The Morgan fingerprint density at radius 1 is 1.17 bits per heavy atom. The van der Waals surface area contributed by atoms with Crippen LogP contribution in [0.25, 0.3) is 10.2 Å². The summed E-state index contributed by atoms with van der Waals surface area (Å²) in [5.74, 6) is 1.10. The number of phenolic OH excluding ortho intramolecular Hbond substituents is 1. The number of methoxy groups -OCH3 is 1. The molecule has 0 bridgehead atoms. The molecule has 1 aromatic carbocycles. The van der Waals surface area contributed by atoms with E-state index in [9.17, 15) is 5.11 Å². The van der Waals surface area contributed by atoms with Gasteiger partial charge < -0.3 is 15.2 Å². The summed E-state index contributed by atoms with van der Waals surface area (Å²) in [7, 11) is 1.59. The quantitative estimate of drug-likeness (QED) is 0.678. The number of benzene rings is 1. The molecule has 0 unspecified atom stereocenters. The van der Waals surface area contributed by atoms with Gasteiger partial charge in [-0.05, 0) is 36.6 Å². The van der Waals surface area contributed by atoms with Crippen molar-refractivity contribution < 1.29 is 9.84 Å². The van der Waals surface area contributed by atoms with E-state index in [1.807, 2.05) is 12.1 Å². The number of aromatic nitrogens is 2. The van der Waals surface area contributed by atoms with Crippen molar-refractivity contribution in [3.8, 4) is 11.8 Å². The average molecular weight is 343 g/mol. The van der Waals surface area contributed by atoms with Crippen molar-refractivity contribution in [2.24, 2.45) is 0 Å². The van der Waals surface area contributed by atoms with Gasteiger partial charge >= 0.3 is 6.01 Å². The van der Waals surface area contributed by atoms with Gasteiger partial charge in [0.2, 0.25) is 0 Å². The van der Waals surface area contributed by atoms with Crippen LogP contribution in [0.5, 0.6) is 11.8 Å². The standard InChI is InChI=1S/C18H21N3O2S/c1-3-4-14-11-15-16(20-18(23-2)21-17(15)24-14)19-10-9-12-5-7-13(22)8-6-12/h5-8,11,22H,3-4,9-10H2,1-2H3,(H,19,20,21). The molecular weight excluding hydrogens is 322 g/mol. The fourth-order valence-corrected chi connectivity index (χ4v) is 3.66. The zero-order valence-corrected chi connectivity index (χ0v) is 14.7. The Balaban J connectivity index is 1.77. The maximum atomic E-state index is 9.34. The predicted octanol–water partition coefficient (Wildman–Crippen LogP) is 4.01. The van der Waals surface area contributed by atoms with Gasteiger partial charge in [-0.15, -0.1) is 11.3 Å². The third-order valence-corrected chi connectivity index (χ3v) is 4.83. The Kier molecular flexibility index (Phi) is 5.15. The van der Waals surface area contributed by atoms with Gasteiger partial charge in [-0.3, -0.25) is 0 Å². The predicted molar refractivity (Wildman–Crippen MR) is 98.3 cm³/mol. The first-order valence-electron chi connectivity index (χ1n) is 8.06. The minimum absolute atomic E-state index is 0.288. The summed E-state index contributed by atoms with van der Waals surface area (Å²) >= 11 is 1.70. The van der Waals surface area contributed by atoms with E-state index in [-0.39, 0.29) is 5.75 Å². The SMILES string of the molecule is CCCc1cc2c(NCCc3ccc(O)cc3)nc(OC)nc2s1. The maximum absolute atomic E-state index is 9.34. The molecule has 0 spiro atoms. The molecule has 0 saturated heterocycles. The van der Waals surface area contributed by atoms with Crippen molar-refractivity contribution >= 4 is 27.4 Å². The van der Waals surface area contributed by atoms with E-state index in [1.54, 1.807) is 30.6 Å². The molecule has 0 aliphatic heterocycles. The summed E-state index contributed by atoms with van der Waals surface area (Å²) in [6, 6.07) is 9.83. The number of fused-ring (bicyclic) bond motifs is 1. The van der Waals surface area contributed by atoms with Gasteiger partial charge in [-0.2, -0.15) is 9.97 Å². The first-order chi connectivity index (χ1) is 11.7. The normalized spacial score (nSPS) is 10.9. The van der Waals surface area contributed by atoms with E-state index >= 15 is 0 Å². The van der Waals surface area contributed by atoms with Crippen LogP contribution < -0.4 is 10.1 Å². The van der Waals surface area contributed by atoms with E-state index in [4.69, 9.17) is 4.74 Å². The number of rotatable bonds is 7. The van der Waals surface area contributed by atoms with E-state index < -0.39 is 0 Å². The fraction of sp³-hybridized carbons (Fsp3) is 0.333. The van der Waals surface area contributed by atoms with Crippen molar-refractivity contribution in [2.75, 3.05) is 19.0 Å². The van der Waals surface area contributed by atoms with Crippen LogP contribution in [0.1, 0.15) is 23.8 Å². The summed E-state index contributed by atoms with van der Waals surface area (Å²) in [4.78, 5) is 11.2. The lowest BCUT2D eigenvalue weighted by Crippen LogP contribution is -2.07. The minimum atomic E-state index is 0.288. The number of hydrogen-bond acceptors (Lipinski definition) is 6. The van der Waals surface area contributed by atoms with Gasteiger partial charge in [0, 0.05) is 11.4 Å². The number of nitrogens with zero attached hydrogens (tertiary/aromatic N) is 2. The highest BCUT2D eigenvalue weighted by atomic mass is 32.1. The summed E-state index contributed by atoms with van der Waals surface area (Å²) < 4.78 is 5.23. The molecule has 2 aromatic heterocycles. The molecule has 0 aliphatic carbocycles. The van der Waals surface area contributed by atoms with Crippen molar-refractivity contribution in [1.82, 2.24) is 9.97 Å². The highest BCUT2D eigenvalue weighted by molar-refractivity contribution is 7.18. The highest BCUT2D eigenvalue weighted by Gasteiger charge is 2.12. The third kappa shape index (κ3) is 3.76. The summed E-state index contributed by atoms with van der Waals surface area (Å²) in [6.07, 6.45) is 3.01. The molecule has 0 radical (unpaired) electrons. The van der Waals surface area contributed by atoms with Gasteiger partial charge in [0.15, 0.2) is 0 Å². The van der Waals surface area contributed by atoms with Crippen LogP contribution in [-0.2, 0) is 12.8 Å². The van der Waals surface area contributed by atoms with Gasteiger partial charge in [0.05, 0.1) is 12.5 Å². The fourth-order valence-electron chi connectivity index (χ4n) is 2.54. The smallest absolute Gasteiger partial charge is 0.319 e. The molecule has 0 amide bonds. The monoisotopic (exact) mass is 343 g/mol. The molecule has 0 fully saturated rings. The molecule has 24 heavy (non-hydrogen) atoms. The molecule has 0 aliphatic rings.